The molecule has 7 heteroatoms. The Morgan fingerprint density at radius 1 is 0.286 bits per heavy atom. The van der Waals surface area contributed by atoms with Gasteiger partial charge >= 0.3 is 7.32 Å². The first-order chi connectivity index (χ1) is 24.3. The fraction of sp³-hybridized carbons (Fsp3) is 1.00. The Balaban J connectivity index is 1.06. The Hall–Kier alpha value is -0.175. The summed E-state index contributed by atoms with van der Waals surface area (Å²) in [5.41, 5.74) is 0. The molecule has 0 aromatic carbocycles. The van der Waals surface area contributed by atoms with Crippen molar-refractivity contribution in [1.29, 1.82) is 0 Å². The van der Waals surface area contributed by atoms with Crippen LogP contribution in [0.1, 0.15) is 193 Å². The predicted molar refractivity (Wildman–Crippen MR) is 205 cm³/mol. The summed E-state index contributed by atoms with van der Waals surface area (Å²) in [6.07, 6.45) is 41.9. The molecule has 0 N–H and O–H groups in total. The van der Waals surface area contributed by atoms with Crippen LogP contribution in [0.5, 0.6) is 0 Å². The van der Waals surface area contributed by atoms with E-state index in [2.05, 4.69) is 14.7 Å². The summed E-state index contributed by atoms with van der Waals surface area (Å²) < 4.78 is 20.0. The molecule has 6 fully saturated rings. The molecule has 0 radical (unpaired) electrons. The molecule has 0 unspecified atom stereocenters. The lowest BCUT2D eigenvalue weighted by atomic mass is 9.88. The van der Waals surface area contributed by atoms with Crippen molar-refractivity contribution in [3.63, 3.8) is 0 Å². The lowest BCUT2D eigenvalue weighted by molar-refractivity contribution is 0.0181. The molecule has 6 nitrogen and oxygen atoms in total. The van der Waals surface area contributed by atoms with Gasteiger partial charge in [-0.1, -0.05) is 116 Å². The molecule has 0 spiro atoms. The van der Waals surface area contributed by atoms with Crippen molar-refractivity contribution < 1.29 is 14.0 Å². The third-order valence-electron chi connectivity index (χ3n) is 14.1. The van der Waals surface area contributed by atoms with Gasteiger partial charge in [0.15, 0.2) is 0 Å². The maximum absolute atomic E-state index is 6.68. The summed E-state index contributed by atoms with van der Waals surface area (Å²) in [5, 5.41) is 0. The quantitative estimate of drug-likeness (QED) is 0.134. The van der Waals surface area contributed by atoms with Gasteiger partial charge in [-0.2, -0.15) is 0 Å². The molecule has 0 heterocycles. The Kier molecular flexibility index (Phi) is 17.4. The van der Waals surface area contributed by atoms with Gasteiger partial charge in [0, 0.05) is 75.7 Å². The van der Waals surface area contributed by atoms with E-state index in [1.807, 2.05) is 0 Å². The minimum absolute atomic E-state index is 0.543. The molecule has 0 aliphatic heterocycles. The average molecular weight is 684 g/mol. The van der Waals surface area contributed by atoms with Gasteiger partial charge in [0.25, 0.3) is 0 Å². The van der Waals surface area contributed by atoms with Crippen molar-refractivity contribution in [2.75, 3.05) is 39.5 Å². The molecular weight excluding hydrogens is 605 g/mol. The molecule has 0 aromatic heterocycles. The molecule has 49 heavy (non-hydrogen) atoms. The van der Waals surface area contributed by atoms with Crippen molar-refractivity contribution in [3.8, 4) is 0 Å². The van der Waals surface area contributed by atoms with E-state index in [1.165, 1.54) is 193 Å². The van der Waals surface area contributed by atoms with Crippen LogP contribution in [-0.2, 0) is 14.0 Å². The van der Waals surface area contributed by atoms with E-state index in [0.717, 1.165) is 75.7 Å². The van der Waals surface area contributed by atoms with Crippen LogP contribution in [-0.4, -0.2) is 97.7 Å². The highest BCUT2D eigenvalue weighted by atomic mass is 16.7. The number of hydrogen-bond acceptors (Lipinski definition) is 6. The van der Waals surface area contributed by atoms with Crippen LogP contribution in [0.15, 0.2) is 0 Å². The van der Waals surface area contributed by atoms with E-state index in [9.17, 15) is 0 Å². The molecule has 0 bridgehead atoms. The van der Waals surface area contributed by atoms with Crippen molar-refractivity contribution in [2.45, 2.75) is 229 Å². The van der Waals surface area contributed by atoms with Crippen LogP contribution in [0, 0.1) is 0 Å². The highest BCUT2D eigenvalue weighted by molar-refractivity contribution is 6.36. The second-order valence-electron chi connectivity index (χ2n) is 17.4. The molecule has 0 atom stereocenters. The molecule has 6 aliphatic carbocycles. The molecule has 6 saturated carbocycles. The first-order valence-corrected chi connectivity index (χ1v) is 22.5. The van der Waals surface area contributed by atoms with Crippen LogP contribution in [0.25, 0.3) is 0 Å². The molecule has 0 saturated heterocycles. The number of nitrogens with zero attached hydrogens (tertiary/aromatic N) is 3. The molecule has 282 valence electrons. The first-order valence-electron chi connectivity index (χ1n) is 22.5. The van der Waals surface area contributed by atoms with Gasteiger partial charge in [-0.15, -0.1) is 0 Å². The van der Waals surface area contributed by atoms with E-state index in [0.29, 0.717) is 0 Å². The Morgan fingerprint density at radius 2 is 0.469 bits per heavy atom. The Bertz CT molecular complexity index is 683. The second kappa shape index (κ2) is 22.1. The maximum Gasteiger partial charge on any atom is 0.639 e. The molecule has 6 rings (SSSR count). The van der Waals surface area contributed by atoms with Gasteiger partial charge in [-0.25, -0.2) is 0 Å². The minimum Gasteiger partial charge on any atom is -0.385 e. The zero-order chi connectivity index (χ0) is 33.4. The molecular formula is C42H78BN3O3. The van der Waals surface area contributed by atoms with Gasteiger partial charge in [-0.05, 0) is 77.0 Å². The summed E-state index contributed by atoms with van der Waals surface area (Å²) in [6.45, 7) is 5.27. The fourth-order valence-electron chi connectivity index (χ4n) is 11.4. The van der Waals surface area contributed by atoms with Crippen molar-refractivity contribution in [1.82, 2.24) is 14.7 Å². The van der Waals surface area contributed by atoms with E-state index in [-0.39, 0.29) is 0 Å². The lowest BCUT2D eigenvalue weighted by Crippen LogP contribution is -2.49. The van der Waals surface area contributed by atoms with Crippen LogP contribution in [0.4, 0.5) is 0 Å². The Morgan fingerprint density at radius 3 is 0.653 bits per heavy atom. The third-order valence-corrected chi connectivity index (χ3v) is 14.1. The summed E-state index contributed by atoms with van der Waals surface area (Å²) in [4.78, 5) is 8.66. The second-order valence-corrected chi connectivity index (χ2v) is 17.4. The topological polar surface area (TPSA) is 37.4 Å². The summed E-state index contributed by atoms with van der Waals surface area (Å²) in [7, 11) is -0.543. The van der Waals surface area contributed by atoms with E-state index in [1.54, 1.807) is 0 Å². The van der Waals surface area contributed by atoms with E-state index < -0.39 is 7.32 Å². The largest absolute Gasteiger partial charge is 0.639 e. The van der Waals surface area contributed by atoms with Crippen LogP contribution in [0.2, 0.25) is 0 Å². The third kappa shape index (κ3) is 12.4. The van der Waals surface area contributed by atoms with Gasteiger partial charge in [0.2, 0.25) is 0 Å². The summed E-state index contributed by atoms with van der Waals surface area (Å²) in [5.74, 6) is 0. The molecule has 0 amide bonds. The highest BCUT2D eigenvalue weighted by Crippen LogP contribution is 2.33. The van der Waals surface area contributed by atoms with E-state index in [4.69, 9.17) is 14.0 Å². The standard InChI is InChI=1S/C42H78BN3O3/c1-7-19-37(20-8-1)44(38-21-9-2-10-22-38)31-34-47-43(48-35-32-45(39-23-11-3-12-24-39)40-25-13-4-14-26-40)49-36-33-46(41-27-15-5-16-28-41)42-29-17-6-18-30-42/h37-42H,1-36H2. The molecule has 6 aliphatic rings. The van der Waals surface area contributed by atoms with Crippen molar-refractivity contribution in [2.24, 2.45) is 0 Å². The van der Waals surface area contributed by atoms with Crippen LogP contribution >= 0.6 is 0 Å². The fourth-order valence-corrected chi connectivity index (χ4v) is 11.4. The van der Waals surface area contributed by atoms with Gasteiger partial charge in [0.05, 0.1) is 0 Å². The number of rotatable bonds is 18. The smallest absolute Gasteiger partial charge is 0.385 e. The number of hydrogen-bond donors (Lipinski definition) is 0. The van der Waals surface area contributed by atoms with Gasteiger partial charge in [-0.3, -0.25) is 14.7 Å². The van der Waals surface area contributed by atoms with E-state index >= 15 is 0 Å². The normalized spacial score (nSPS) is 25.5. The first kappa shape index (κ1) is 38.5. The van der Waals surface area contributed by atoms with Crippen LogP contribution < -0.4 is 0 Å². The highest BCUT2D eigenvalue weighted by Gasteiger charge is 2.33. The summed E-state index contributed by atoms with van der Waals surface area (Å²) in [6, 6.07) is 4.50. The zero-order valence-electron chi connectivity index (χ0n) is 32.1. The zero-order valence-corrected chi connectivity index (χ0v) is 32.1. The maximum atomic E-state index is 6.68. The Labute approximate surface area is 303 Å². The summed E-state index contributed by atoms with van der Waals surface area (Å²) >= 11 is 0. The molecule has 0 aromatic rings. The SMILES string of the molecule is C1CCC(N(CCOB(OCCN(C2CCCCC2)C2CCCCC2)OCCN(C2CCCCC2)C2CCCCC2)C2CCCCC2)CC1. The van der Waals surface area contributed by atoms with Crippen LogP contribution in [0.3, 0.4) is 0 Å². The van der Waals surface area contributed by atoms with Crippen molar-refractivity contribution >= 4 is 7.32 Å². The monoisotopic (exact) mass is 684 g/mol. The average Bonchev–Trinajstić information content (AvgIpc) is 3.18. The van der Waals surface area contributed by atoms with Gasteiger partial charge in [0.1, 0.15) is 0 Å². The lowest BCUT2D eigenvalue weighted by Gasteiger charge is -2.42. The predicted octanol–water partition coefficient (Wildman–Crippen LogP) is 9.92. The van der Waals surface area contributed by atoms with Crippen molar-refractivity contribution in [3.05, 3.63) is 0 Å². The minimum atomic E-state index is -0.543. The van der Waals surface area contributed by atoms with Gasteiger partial charge < -0.3 is 14.0 Å².